The van der Waals surface area contributed by atoms with Crippen LogP contribution in [0.2, 0.25) is 0 Å². The van der Waals surface area contributed by atoms with E-state index in [1.54, 1.807) is 17.8 Å². The highest BCUT2D eigenvalue weighted by Gasteiger charge is 2.33. The Morgan fingerprint density at radius 3 is 2.49 bits per heavy atom. The summed E-state index contributed by atoms with van der Waals surface area (Å²) in [5.41, 5.74) is 1.33. The largest absolute Gasteiger partial charge is 0.497 e. The third-order valence-electron chi connectivity index (χ3n) is 8.62. The number of nitrogens with zero attached hydrogens (tertiary/aromatic N) is 5. The summed E-state index contributed by atoms with van der Waals surface area (Å²) in [6.45, 7) is 1.25. The molecule has 0 radical (unpaired) electrons. The normalized spacial score (nSPS) is 15.8. The zero-order valence-corrected chi connectivity index (χ0v) is 30.2. The van der Waals surface area contributed by atoms with E-state index in [-0.39, 0.29) is 61.1 Å². The van der Waals surface area contributed by atoms with E-state index in [1.807, 2.05) is 37.3 Å². The molecule has 0 spiro atoms. The Labute approximate surface area is 305 Å². The van der Waals surface area contributed by atoms with Gasteiger partial charge < -0.3 is 30.0 Å². The smallest absolute Gasteiger partial charge is 0.287 e. The summed E-state index contributed by atoms with van der Waals surface area (Å²) < 4.78 is 48.3. The van der Waals surface area contributed by atoms with Gasteiger partial charge in [0.15, 0.2) is 5.76 Å². The highest BCUT2D eigenvalue weighted by Crippen LogP contribution is 2.32. The number of carbonyl (C=O) groups excluding carboxylic acids is 1. The van der Waals surface area contributed by atoms with Crippen molar-refractivity contribution in [2.45, 2.75) is 30.4 Å². The first-order valence-electron chi connectivity index (χ1n) is 16.7. The number of methoxy groups -OCH3 is 1. The summed E-state index contributed by atoms with van der Waals surface area (Å²) >= 11 is 0. The van der Waals surface area contributed by atoms with Gasteiger partial charge in [-0.2, -0.15) is 4.31 Å². The zero-order valence-electron chi connectivity index (χ0n) is 29.4. The second-order valence-corrected chi connectivity index (χ2v) is 13.8. The van der Waals surface area contributed by atoms with E-state index in [2.05, 4.69) is 15.6 Å². The predicted molar refractivity (Wildman–Crippen MR) is 193 cm³/mol. The van der Waals surface area contributed by atoms with Gasteiger partial charge in [-0.05, 0) is 55.5 Å². The standard InChI is InChI=1S/C35H41N7O10S/c1-24-33(35(45)41(39(24)2)26-7-5-4-6-8-26)25-21-30(34(44)37-16-15-36-31-14-9-27(23-38-31)42(46)47)52-32(22-25)51-20-18-40(17-19-43)53(48,49)29-12-10-28(50-3)11-13-29/h4-14,21,23,25,32,43H,15-20,22H2,1-3H3,(H,36,38)(H,37,44)/t25-,32+/m0/s1. The maximum absolute atomic E-state index is 13.9. The van der Waals surface area contributed by atoms with Gasteiger partial charge in [0.05, 0.1) is 35.8 Å². The molecule has 0 unspecified atom stereocenters. The molecule has 18 heteroatoms. The van der Waals surface area contributed by atoms with Crippen molar-refractivity contribution in [3.8, 4) is 11.4 Å². The molecule has 3 N–H and O–H groups in total. The Bertz CT molecular complexity index is 2080. The van der Waals surface area contributed by atoms with Crippen LogP contribution in [0, 0.1) is 17.0 Å². The van der Waals surface area contributed by atoms with E-state index in [0.717, 1.165) is 10.5 Å². The Morgan fingerprint density at radius 1 is 1.11 bits per heavy atom. The van der Waals surface area contributed by atoms with Gasteiger partial charge in [0.2, 0.25) is 16.3 Å². The number of nitrogens with one attached hydrogen (secondary N) is 2. The minimum absolute atomic E-state index is 0.00992. The fourth-order valence-electron chi connectivity index (χ4n) is 5.83. The molecule has 5 rings (SSSR count). The van der Waals surface area contributed by atoms with Crippen LogP contribution in [0.5, 0.6) is 5.75 Å². The Kier molecular flexibility index (Phi) is 12.6. The molecule has 1 aliphatic heterocycles. The maximum atomic E-state index is 13.9. The number of amides is 1. The van der Waals surface area contributed by atoms with Gasteiger partial charge in [0.25, 0.3) is 17.2 Å². The quantitative estimate of drug-likeness (QED) is 0.0808. The number of allylic oxidation sites excluding steroid dienone is 1. The number of carbonyl (C=O) groups is 1. The van der Waals surface area contributed by atoms with Crippen LogP contribution in [0.15, 0.2) is 94.5 Å². The highest BCUT2D eigenvalue weighted by atomic mass is 32.2. The van der Waals surface area contributed by atoms with E-state index in [4.69, 9.17) is 14.2 Å². The van der Waals surface area contributed by atoms with Crippen LogP contribution in [0.3, 0.4) is 0 Å². The number of pyridine rings is 1. The van der Waals surface area contributed by atoms with Crippen LogP contribution >= 0.6 is 0 Å². The van der Waals surface area contributed by atoms with Crippen LogP contribution in [0.1, 0.15) is 23.6 Å². The number of nitro groups is 1. The third-order valence-corrected chi connectivity index (χ3v) is 10.5. The number of aliphatic hydroxyl groups excluding tert-OH is 1. The van der Waals surface area contributed by atoms with Crippen molar-refractivity contribution >= 4 is 27.4 Å². The first kappa shape index (κ1) is 38.7. The number of sulfonamides is 1. The van der Waals surface area contributed by atoms with Crippen molar-refractivity contribution < 1.29 is 37.5 Å². The molecule has 0 saturated heterocycles. The molecule has 0 aliphatic carbocycles. The average Bonchev–Trinajstić information content (AvgIpc) is 3.39. The van der Waals surface area contributed by atoms with Gasteiger partial charge in [0, 0.05) is 62.9 Å². The molecule has 53 heavy (non-hydrogen) atoms. The lowest BCUT2D eigenvalue weighted by molar-refractivity contribution is -0.385. The van der Waals surface area contributed by atoms with E-state index < -0.39 is 39.7 Å². The summed E-state index contributed by atoms with van der Waals surface area (Å²) in [5, 5.41) is 26.3. The fourth-order valence-corrected chi connectivity index (χ4v) is 7.25. The van der Waals surface area contributed by atoms with Crippen LogP contribution in [-0.2, 0) is 31.3 Å². The molecule has 1 amide bonds. The summed E-state index contributed by atoms with van der Waals surface area (Å²) in [4.78, 5) is 41.7. The van der Waals surface area contributed by atoms with Gasteiger partial charge in [-0.1, -0.05) is 18.2 Å². The van der Waals surface area contributed by atoms with Crippen LogP contribution in [0.4, 0.5) is 11.5 Å². The second-order valence-electron chi connectivity index (χ2n) is 11.9. The number of rotatable bonds is 17. The minimum atomic E-state index is -4.01. The number of aliphatic hydroxyl groups is 1. The predicted octanol–water partition coefficient (Wildman–Crippen LogP) is 2.44. The number of benzene rings is 2. The molecule has 3 heterocycles. The summed E-state index contributed by atoms with van der Waals surface area (Å²) in [7, 11) is -0.775. The fraction of sp³-hybridized carbons (Fsp3) is 0.343. The Hall–Kier alpha value is -5.56. The molecular formula is C35H41N7O10S. The number of ether oxygens (including phenoxy) is 3. The first-order chi connectivity index (χ1) is 25.4. The topological polar surface area (TPSA) is 209 Å². The monoisotopic (exact) mass is 751 g/mol. The molecular weight excluding hydrogens is 710 g/mol. The number of hydrogen-bond acceptors (Lipinski definition) is 12. The molecule has 17 nitrogen and oxygen atoms in total. The third kappa shape index (κ3) is 9.09. The second kappa shape index (κ2) is 17.3. The number of para-hydroxylation sites is 1. The van der Waals surface area contributed by atoms with Crippen LogP contribution < -0.4 is 20.9 Å². The molecule has 2 atom stereocenters. The molecule has 0 saturated carbocycles. The van der Waals surface area contributed by atoms with Crippen LogP contribution in [0.25, 0.3) is 5.69 Å². The number of hydrogen-bond donors (Lipinski definition) is 3. The van der Waals surface area contributed by atoms with Crippen molar-refractivity contribution in [2.75, 3.05) is 51.8 Å². The van der Waals surface area contributed by atoms with Crippen molar-refractivity contribution in [3.63, 3.8) is 0 Å². The Morgan fingerprint density at radius 2 is 1.85 bits per heavy atom. The number of aromatic nitrogens is 3. The molecule has 4 aromatic rings. The van der Waals surface area contributed by atoms with Gasteiger partial charge in [-0.3, -0.25) is 24.4 Å². The summed E-state index contributed by atoms with van der Waals surface area (Å²) in [6, 6.07) is 17.8. The van der Waals surface area contributed by atoms with Gasteiger partial charge in [-0.25, -0.2) is 18.1 Å². The lowest BCUT2D eigenvalue weighted by Gasteiger charge is -2.29. The van der Waals surface area contributed by atoms with Crippen molar-refractivity contribution in [1.29, 1.82) is 0 Å². The molecule has 0 bridgehead atoms. The first-order valence-corrected chi connectivity index (χ1v) is 18.1. The van der Waals surface area contributed by atoms with Crippen LogP contribution in [-0.4, -0.2) is 95.8 Å². The molecule has 1 aliphatic rings. The molecule has 2 aromatic heterocycles. The maximum Gasteiger partial charge on any atom is 0.287 e. The van der Waals surface area contributed by atoms with Crippen molar-refractivity contribution in [3.05, 3.63) is 116 Å². The van der Waals surface area contributed by atoms with E-state index in [9.17, 15) is 33.2 Å². The lowest BCUT2D eigenvalue weighted by Crippen LogP contribution is -2.38. The SMILES string of the molecule is COc1ccc(S(=O)(=O)N(CCO)CCO[C@H]2C[C@@H](c3c(C)n(C)n(-c4ccccc4)c3=O)C=C(C(=O)NCCNc3ccc([N+](=O)[O-])cn3)O2)cc1. The zero-order chi connectivity index (χ0) is 38.1. The molecule has 0 fully saturated rings. The minimum Gasteiger partial charge on any atom is -0.497 e. The molecule has 2 aromatic carbocycles. The van der Waals surface area contributed by atoms with E-state index in [0.29, 0.717) is 28.5 Å². The molecule has 282 valence electrons. The van der Waals surface area contributed by atoms with Crippen molar-refractivity contribution in [2.24, 2.45) is 7.05 Å². The summed E-state index contributed by atoms with van der Waals surface area (Å²) in [6.07, 6.45) is 1.80. The Balaban J connectivity index is 1.33. The summed E-state index contributed by atoms with van der Waals surface area (Å²) in [5.74, 6) is -0.420. The lowest BCUT2D eigenvalue weighted by atomic mass is 9.93. The van der Waals surface area contributed by atoms with Crippen molar-refractivity contribution in [1.82, 2.24) is 24.0 Å². The highest BCUT2D eigenvalue weighted by molar-refractivity contribution is 7.89. The average molecular weight is 752 g/mol. The van der Waals surface area contributed by atoms with E-state index in [1.165, 1.54) is 48.2 Å². The van der Waals surface area contributed by atoms with Gasteiger partial charge in [-0.15, -0.1) is 0 Å². The number of anilines is 1. The van der Waals surface area contributed by atoms with E-state index >= 15 is 0 Å². The van der Waals surface area contributed by atoms with Gasteiger partial charge in [0.1, 0.15) is 17.8 Å². The van der Waals surface area contributed by atoms with Gasteiger partial charge >= 0.3 is 0 Å².